The van der Waals surface area contributed by atoms with E-state index in [1.165, 1.54) is 6.07 Å². The molecule has 0 amide bonds. The van der Waals surface area contributed by atoms with E-state index in [9.17, 15) is 10.1 Å². The average Bonchev–Trinajstić information content (AvgIpc) is 2.17. The Balaban J connectivity index is 3.35. The van der Waals surface area contributed by atoms with Crippen molar-refractivity contribution in [2.75, 3.05) is 6.54 Å². The summed E-state index contributed by atoms with van der Waals surface area (Å²) in [6, 6.07) is 5.04. The van der Waals surface area contributed by atoms with E-state index >= 15 is 0 Å². The van der Waals surface area contributed by atoms with Crippen LogP contribution in [0.4, 0.5) is 5.69 Å². The first-order valence-electron chi connectivity index (χ1n) is 4.53. The van der Waals surface area contributed by atoms with Gasteiger partial charge < -0.3 is 5.73 Å². The zero-order chi connectivity index (χ0) is 11.6. The lowest BCUT2D eigenvalue weighted by molar-refractivity contribution is -0.386. The molecule has 2 N–H and O–H groups in total. The Bertz CT molecular complexity index is 391. The zero-order valence-corrected chi connectivity index (χ0v) is 10.2. The molecular weight excluding hydrogens is 260 g/mol. The van der Waals surface area contributed by atoms with Crippen LogP contribution in [0.2, 0.25) is 0 Å². The number of nitrogens with zero attached hydrogens (tertiary/aromatic N) is 1. The number of hydrogen-bond acceptors (Lipinski definition) is 3. The summed E-state index contributed by atoms with van der Waals surface area (Å²) in [5, 5.41) is 10.9. The van der Waals surface area contributed by atoms with E-state index in [0.717, 1.165) is 0 Å². The number of halogens is 1. The number of nitrogens with two attached hydrogens (primary N) is 1. The number of nitro benzene ring substituents is 1. The molecule has 0 heterocycles. The van der Waals surface area contributed by atoms with Gasteiger partial charge in [-0.25, -0.2) is 0 Å². The molecule has 0 aliphatic rings. The fourth-order valence-corrected chi connectivity index (χ4v) is 1.69. The van der Waals surface area contributed by atoms with Crippen molar-refractivity contribution >= 4 is 21.6 Å². The molecule has 0 atom stereocenters. The van der Waals surface area contributed by atoms with Crippen molar-refractivity contribution in [3.05, 3.63) is 38.3 Å². The first-order chi connectivity index (χ1) is 6.88. The molecule has 0 saturated heterocycles. The smallest absolute Gasteiger partial charge is 0.274 e. The standard InChI is InChI=1S/C10H13BrN2O2/c1-10(2,6-12)8-4-3-7(11)5-9(8)13(14)15/h3-5H,6,12H2,1-2H3. The lowest BCUT2D eigenvalue weighted by Gasteiger charge is -2.22. The summed E-state index contributed by atoms with van der Waals surface area (Å²) >= 11 is 3.22. The molecule has 82 valence electrons. The fraction of sp³-hybridized carbons (Fsp3) is 0.400. The highest BCUT2D eigenvalue weighted by atomic mass is 79.9. The van der Waals surface area contributed by atoms with E-state index in [4.69, 9.17) is 5.73 Å². The van der Waals surface area contributed by atoms with Crippen LogP contribution in [0.15, 0.2) is 22.7 Å². The third-order valence-electron chi connectivity index (χ3n) is 2.40. The van der Waals surface area contributed by atoms with E-state index in [1.807, 2.05) is 13.8 Å². The molecule has 1 rings (SSSR count). The summed E-state index contributed by atoms with van der Waals surface area (Å²) in [4.78, 5) is 10.5. The van der Waals surface area contributed by atoms with Gasteiger partial charge in [-0.3, -0.25) is 10.1 Å². The van der Waals surface area contributed by atoms with Crippen molar-refractivity contribution in [1.29, 1.82) is 0 Å². The normalized spacial score (nSPS) is 11.5. The first kappa shape index (κ1) is 12.1. The Kier molecular flexibility index (Phi) is 3.46. The van der Waals surface area contributed by atoms with Gasteiger partial charge in [0, 0.05) is 28.1 Å². The van der Waals surface area contributed by atoms with E-state index in [0.29, 0.717) is 16.6 Å². The van der Waals surface area contributed by atoms with Gasteiger partial charge in [0.1, 0.15) is 0 Å². The van der Waals surface area contributed by atoms with Crippen molar-refractivity contribution in [3.63, 3.8) is 0 Å². The average molecular weight is 273 g/mol. The summed E-state index contributed by atoms with van der Waals surface area (Å²) in [5.74, 6) is 0. The van der Waals surface area contributed by atoms with Crippen LogP contribution >= 0.6 is 15.9 Å². The molecule has 1 aromatic rings. The molecule has 0 aliphatic heterocycles. The third-order valence-corrected chi connectivity index (χ3v) is 2.89. The Labute approximate surface area is 96.8 Å². The predicted octanol–water partition coefficient (Wildman–Crippen LogP) is 2.59. The van der Waals surface area contributed by atoms with Gasteiger partial charge in [0.2, 0.25) is 0 Å². The van der Waals surface area contributed by atoms with Crippen LogP contribution in [0.5, 0.6) is 0 Å². The number of hydrogen-bond donors (Lipinski definition) is 1. The lowest BCUT2D eigenvalue weighted by atomic mass is 9.84. The molecule has 0 radical (unpaired) electrons. The van der Waals surface area contributed by atoms with Crippen LogP contribution in [0.25, 0.3) is 0 Å². The van der Waals surface area contributed by atoms with Crippen LogP contribution in [0.1, 0.15) is 19.4 Å². The quantitative estimate of drug-likeness (QED) is 0.679. The number of benzene rings is 1. The van der Waals surface area contributed by atoms with Crippen LogP contribution < -0.4 is 5.73 Å². The van der Waals surface area contributed by atoms with E-state index in [2.05, 4.69) is 15.9 Å². The van der Waals surface area contributed by atoms with Gasteiger partial charge in [0.25, 0.3) is 5.69 Å². The molecular formula is C10H13BrN2O2. The SMILES string of the molecule is CC(C)(CN)c1ccc(Br)cc1[N+](=O)[O-]. The van der Waals surface area contributed by atoms with E-state index in [1.54, 1.807) is 12.1 Å². The summed E-state index contributed by atoms with van der Waals surface area (Å²) < 4.78 is 0.700. The maximum Gasteiger partial charge on any atom is 0.274 e. The lowest BCUT2D eigenvalue weighted by Crippen LogP contribution is -2.28. The Hall–Kier alpha value is -0.940. The molecule has 5 heteroatoms. The second kappa shape index (κ2) is 4.28. The van der Waals surface area contributed by atoms with Crippen molar-refractivity contribution in [3.8, 4) is 0 Å². The summed E-state index contributed by atoms with van der Waals surface area (Å²) in [6.45, 7) is 4.15. The molecule has 0 spiro atoms. The van der Waals surface area contributed by atoms with E-state index < -0.39 is 0 Å². The van der Waals surface area contributed by atoms with Crippen LogP contribution in [-0.2, 0) is 5.41 Å². The van der Waals surface area contributed by atoms with Crippen LogP contribution in [-0.4, -0.2) is 11.5 Å². The summed E-state index contributed by atoms with van der Waals surface area (Å²) in [5.41, 5.74) is 6.00. The maximum absolute atomic E-state index is 10.9. The van der Waals surface area contributed by atoms with Crippen molar-refractivity contribution in [2.24, 2.45) is 5.73 Å². The first-order valence-corrected chi connectivity index (χ1v) is 5.32. The maximum atomic E-state index is 10.9. The van der Waals surface area contributed by atoms with Gasteiger partial charge in [0.05, 0.1) is 4.92 Å². The molecule has 4 nitrogen and oxygen atoms in total. The molecule has 0 unspecified atom stereocenters. The van der Waals surface area contributed by atoms with E-state index in [-0.39, 0.29) is 16.0 Å². The molecule has 0 aromatic heterocycles. The van der Waals surface area contributed by atoms with Gasteiger partial charge in [-0.2, -0.15) is 0 Å². The van der Waals surface area contributed by atoms with Crippen molar-refractivity contribution in [2.45, 2.75) is 19.3 Å². The van der Waals surface area contributed by atoms with Gasteiger partial charge in [-0.1, -0.05) is 35.8 Å². The molecule has 0 saturated carbocycles. The fourth-order valence-electron chi connectivity index (χ4n) is 1.34. The molecule has 15 heavy (non-hydrogen) atoms. The second-order valence-electron chi connectivity index (χ2n) is 4.01. The minimum atomic E-state index is -0.386. The Morgan fingerprint density at radius 2 is 2.13 bits per heavy atom. The minimum Gasteiger partial charge on any atom is -0.330 e. The van der Waals surface area contributed by atoms with Crippen molar-refractivity contribution in [1.82, 2.24) is 0 Å². The van der Waals surface area contributed by atoms with Crippen molar-refractivity contribution < 1.29 is 4.92 Å². The zero-order valence-electron chi connectivity index (χ0n) is 8.66. The molecule has 1 aromatic carbocycles. The highest BCUT2D eigenvalue weighted by Crippen LogP contribution is 2.32. The Morgan fingerprint density at radius 1 is 1.53 bits per heavy atom. The van der Waals surface area contributed by atoms with Crippen LogP contribution in [0, 0.1) is 10.1 Å². The Morgan fingerprint density at radius 3 is 2.60 bits per heavy atom. The van der Waals surface area contributed by atoms with Gasteiger partial charge >= 0.3 is 0 Å². The van der Waals surface area contributed by atoms with Gasteiger partial charge in [-0.15, -0.1) is 0 Å². The summed E-state index contributed by atoms with van der Waals surface area (Å²) in [7, 11) is 0. The molecule has 0 fully saturated rings. The highest BCUT2D eigenvalue weighted by molar-refractivity contribution is 9.10. The molecule has 0 aliphatic carbocycles. The minimum absolute atomic E-state index is 0.111. The van der Waals surface area contributed by atoms with Gasteiger partial charge in [-0.05, 0) is 6.07 Å². The second-order valence-corrected chi connectivity index (χ2v) is 4.92. The topological polar surface area (TPSA) is 69.2 Å². The number of rotatable bonds is 3. The predicted molar refractivity (Wildman–Crippen MR) is 62.9 cm³/mol. The largest absolute Gasteiger partial charge is 0.330 e. The van der Waals surface area contributed by atoms with Crippen LogP contribution in [0.3, 0.4) is 0 Å². The van der Waals surface area contributed by atoms with Gasteiger partial charge in [0.15, 0.2) is 0 Å². The highest BCUT2D eigenvalue weighted by Gasteiger charge is 2.27. The third kappa shape index (κ3) is 2.54. The monoisotopic (exact) mass is 272 g/mol. The number of nitro groups is 1. The molecule has 0 bridgehead atoms. The summed E-state index contributed by atoms with van der Waals surface area (Å²) in [6.07, 6.45) is 0.